The number of anilines is 2. The molecule has 1 fully saturated rings. The lowest BCUT2D eigenvalue weighted by Gasteiger charge is -2.32. The fraction of sp³-hybridized carbons (Fsp3) is 0.417. The van der Waals surface area contributed by atoms with E-state index in [4.69, 9.17) is 14.1 Å². The highest BCUT2D eigenvalue weighted by Gasteiger charge is 2.31. The van der Waals surface area contributed by atoms with E-state index in [1.54, 1.807) is 20.3 Å². The van der Waals surface area contributed by atoms with Crippen LogP contribution in [0, 0.1) is 16.0 Å². The predicted octanol–water partition coefficient (Wildman–Crippen LogP) is 4.58. The van der Waals surface area contributed by atoms with E-state index in [9.17, 15) is 10.1 Å². The molecule has 2 heterocycles. The summed E-state index contributed by atoms with van der Waals surface area (Å²) in [6.45, 7) is 8.57. The van der Waals surface area contributed by atoms with Gasteiger partial charge >= 0.3 is 5.69 Å². The molecule has 10 nitrogen and oxygen atoms in total. The maximum atomic E-state index is 12.1. The van der Waals surface area contributed by atoms with Crippen LogP contribution < -0.4 is 19.3 Å². The number of ether oxygens (including phenoxy) is 2. The molecule has 0 N–H and O–H groups in total. The molecule has 0 saturated carbocycles. The summed E-state index contributed by atoms with van der Waals surface area (Å²) in [5, 5.41) is 20.0. The molecule has 1 saturated heterocycles. The Kier molecular flexibility index (Phi) is 6.85. The Balaban J connectivity index is 1.80. The molecule has 0 bridgehead atoms. The zero-order chi connectivity index (χ0) is 24.2. The van der Waals surface area contributed by atoms with Gasteiger partial charge in [-0.25, -0.2) is 4.63 Å². The first-order chi connectivity index (χ1) is 16.5. The smallest absolute Gasteiger partial charge is 0.323 e. The second-order valence-corrected chi connectivity index (χ2v) is 8.51. The summed E-state index contributed by atoms with van der Waals surface area (Å²) in [4.78, 5) is 15.8. The maximum absolute atomic E-state index is 12.1. The number of methoxy groups -OCH3 is 2. The van der Waals surface area contributed by atoms with Crippen molar-refractivity contribution in [3.05, 3.63) is 52.6 Å². The minimum Gasteiger partial charge on any atom is -0.493 e. The maximum Gasteiger partial charge on any atom is 0.323 e. The predicted molar refractivity (Wildman–Crippen MR) is 130 cm³/mol. The molecule has 2 aromatic carbocycles. The van der Waals surface area contributed by atoms with Crippen molar-refractivity contribution in [2.24, 2.45) is 5.92 Å². The van der Waals surface area contributed by atoms with E-state index in [1.807, 2.05) is 29.2 Å². The molecule has 1 aliphatic rings. The van der Waals surface area contributed by atoms with Crippen LogP contribution in [0.25, 0.3) is 11.0 Å². The molecule has 0 amide bonds. The van der Waals surface area contributed by atoms with Crippen LogP contribution in [-0.2, 0) is 6.54 Å². The molecule has 3 aromatic rings. The number of nitrogens with zero attached hydrogens (tertiary/aromatic N) is 5. The number of piperidine rings is 1. The van der Waals surface area contributed by atoms with Gasteiger partial charge in [0.1, 0.15) is 5.69 Å². The van der Waals surface area contributed by atoms with E-state index >= 15 is 0 Å². The van der Waals surface area contributed by atoms with Gasteiger partial charge in [0.25, 0.3) is 0 Å². The molecule has 4 rings (SSSR count). The number of benzene rings is 2. The van der Waals surface area contributed by atoms with Crippen LogP contribution in [0.1, 0.15) is 25.3 Å². The molecule has 34 heavy (non-hydrogen) atoms. The third kappa shape index (κ3) is 4.48. The van der Waals surface area contributed by atoms with E-state index in [2.05, 4.69) is 28.7 Å². The lowest BCUT2D eigenvalue weighted by Crippen LogP contribution is -2.33. The van der Waals surface area contributed by atoms with Crippen molar-refractivity contribution in [2.75, 3.05) is 43.7 Å². The molecule has 180 valence electrons. The van der Waals surface area contributed by atoms with E-state index in [1.165, 1.54) is 0 Å². The Morgan fingerprint density at radius 2 is 1.91 bits per heavy atom. The Hall–Kier alpha value is -3.82. The summed E-state index contributed by atoms with van der Waals surface area (Å²) in [6.07, 6.45) is 3.73. The lowest BCUT2D eigenvalue weighted by molar-refractivity contribution is -0.382. The molecule has 10 heteroatoms. The fourth-order valence-corrected chi connectivity index (χ4v) is 4.41. The highest BCUT2D eigenvalue weighted by Crippen LogP contribution is 2.42. The van der Waals surface area contributed by atoms with Crippen molar-refractivity contribution in [1.82, 2.24) is 10.3 Å². The van der Waals surface area contributed by atoms with Gasteiger partial charge in [0, 0.05) is 26.2 Å². The van der Waals surface area contributed by atoms with Crippen molar-refractivity contribution in [1.29, 1.82) is 0 Å². The Morgan fingerprint density at radius 1 is 1.21 bits per heavy atom. The van der Waals surface area contributed by atoms with Gasteiger partial charge in [0.15, 0.2) is 17.0 Å². The molecule has 0 spiro atoms. The summed E-state index contributed by atoms with van der Waals surface area (Å²) in [6, 6.07) is 7.55. The second-order valence-electron chi connectivity index (χ2n) is 8.51. The third-order valence-corrected chi connectivity index (χ3v) is 6.29. The van der Waals surface area contributed by atoms with Gasteiger partial charge in [0.2, 0.25) is 5.52 Å². The lowest BCUT2D eigenvalue weighted by atomic mass is 9.98. The quantitative estimate of drug-likeness (QED) is 0.254. The monoisotopic (exact) mass is 467 g/mol. The minimum atomic E-state index is -0.393. The van der Waals surface area contributed by atoms with Crippen molar-refractivity contribution in [3.8, 4) is 11.5 Å². The van der Waals surface area contributed by atoms with Gasteiger partial charge in [-0.2, -0.15) is 0 Å². The first-order valence-electron chi connectivity index (χ1n) is 11.2. The Bertz CT molecular complexity index is 1190. The van der Waals surface area contributed by atoms with E-state index in [-0.39, 0.29) is 11.2 Å². The largest absolute Gasteiger partial charge is 0.493 e. The molecule has 1 aromatic heterocycles. The summed E-state index contributed by atoms with van der Waals surface area (Å²) < 4.78 is 15.8. The van der Waals surface area contributed by atoms with Crippen molar-refractivity contribution >= 4 is 28.1 Å². The van der Waals surface area contributed by atoms with Gasteiger partial charge in [-0.3, -0.25) is 10.1 Å². The Labute approximate surface area is 197 Å². The van der Waals surface area contributed by atoms with Crippen molar-refractivity contribution in [3.63, 3.8) is 0 Å². The first kappa shape index (κ1) is 23.3. The second kappa shape index (κ2) is 9.98. The molecular formula is C24H29N5O5. The van der Waals surface area contributed by atoms with Gasteiger partial charge in [0.05, 0.1) is 24.8 Å². The standard InChI is InChI=1S/C24H29N5O5/c1-5-10-28(15-17-6-7-20(32-3)21(13-17)33-4)18-14-19(27-11-8-16(2)9-12-27)24(29(30)31)23-22(18)25-34-26-23/h5-7,13-14,16H,1,8-12,15H2,2-4H3. The van der Waals surface area contributed by atoms with Crippen LogP contribution >= 0.6 is 0 Å². The minimum absolute atomic E-state index is 0.0702. The van der Waals surface area contributed by atoms with E-state index in [0.717, 1.165) is 31.5 Å². The average molecular weight is 468 g/mol. The summed E-state index contributed by atoms with van der Waals surface area (Å²) in [5.74, 6) is 1.86. The number of aromatic nitrogens is 2. The molecule has 0 aliphatic carbocycles. The van der Waals surface area contributed by atoms with Crippen LogP contribution in [0.2, 0.25) is 0 Å². The topological polar surface area (TPSA) is 107 Å². The van der Waals surface area contributed by atoms with Crippen LogP contribution in [0.15, 0.2) is 41.5 Å². The van der Waals surface area contributed by atoms with Gasteiger partial charge in [-0.05, 0) is 52.8 Å². The average Bonchev–Trinajstić information content (AvgIpc) is 3.32. The third-order valence-electron chi connectivity index (χ3n) is 6.29. The van der Waals surface area contributed by atoms with Crippen LogP contribution in [0.5, 0.6) is 11.5 Å². The molecular weight excluding hydrogens is 438 g/mol. The number of nitro benzene ring substituents is 1. The Morgan fingerprint density at radius 3 is 2.56 bits per heavy atom. The molecule has 0 unspecified atom stereocenters. The summed E-state index contributed by atoms with van der Waals surface area (Å²) >= 11 is 0. The van der Waals surface area contributed by atoms with Gasteiger partial charge in [-0.15, -0.1) is 6.58 Å². The summed E-state index contributed by atoms with van der Waals surface area (Å²) in [5.41, 5.74) is 2.64. The highest BCUT2D eigenvalue weighted by atomic mass is 16.6. The van der Waals surface area contributed by atoms with Crippen molar-refractivity contribution in [2.45, 2.75) is 26.3 Å². The van der Waals surface area contributed by atoms with E-state index in [0.29, 0.717) is 47.4 Å². The summed E-state index contributed by atoms with van der Waals surface area (Å²) in [7, 11) is 3.19. The van der Waals surface area contributed by atoms with Gasteiger partial charge < -0.3 is 19.3 Å². The van der Waals surface area contributed by atoms with Crippen molar-refractivity contribution < 1.29 is 19.0 Å². The first-order valence-corrected chi connectivity index (χ1v) is 11.2. The van der Waals surface area contributed by atoms with Gasteiger partial charge in [-0.1, -0.05) is 19.1 Å². The van der Waals surface area contributed by atoms with Crippen LogP contribution in [0.3, 0.4) is 0 Å². The number of rotatable bonds is 9. The number of hydrogen-bond acceptors (Lipinski definition) is 9. The van der Waals surface area contributed by atoms with Crippen LogP contribution in [-0.4, -0.2) is 49.1 Å². The SMILES string of the molecule is C=CCN(Cc1ccc(OC)c(OC)c1)c1cc(N2CCC(C)CC2)c([N+](=O)[O-])c2nonc12. The zero-order valence-electron chi connectivity index (χ0n) is 19.7. The van der Waals surface area contributed by atoms with E-state index < -0.39 is 4.92 Å². The number of nitro groups is 1. The fourth-order valence-electron chi connectivity index (χ4n) is 4.41. The normalized spacial score (nSPS) is 14.3. The highest BCUT2D eigenvalue weighted by molar-refractivity contribution is 6.00. The number of fused-ring (bicyclic) bond motifs is 1. The molecule has 1 aliphatic heterocycles. The molecule has 0 atom stereocenters. The van der Waals surface area contributed by atoms with Crippen LogP contribution in [0.4, 0.5) is 17.1 Å². The number of hydrogen-bond donors (Lipinski definition) is 0. The zero-order valence-corrected chi connectivity index (χ0v) is 19.7. The molecule has 0 radical (unpaired) electrons.